The first kappa shape index (κ1) is 20.8. The van der Waals surface area contributed by atoms with E-state index in [-0.39, 0.29) is 17.9 Å². The smallest absolute Gasteiger partial charge is 0.408 e. The zero-order chi connectivity index (χ0) is 21.2. The van der Waals surface area contributed by atoms with Gasteiger partial charge in [0, 0.05) is 12.1 Å². The molecule has 0 bridgehead atoms. The molecule has 1 heterocycles. The Bertz CT molecular complexity index is 914. The maximum absolute atomic E-state index is 12.0. The average Bonchev–Trinajstić information content (AvgIpc) is 3.45. The summed E-state index contributed by atoms with van der Waals surface area (Å²) < 4.78 is 5.34. The summed E-state index contributed by atoms with van der Waals surface area (Å²) in [6, 6.07) is 9.72. The van der Waals surface area contributed by atoms with Crippen LogP contribution in [-0.4, -0.2) is 22.6 Å². The summed E-state index contributed by atoms with van der Waals surface area (Å²) in [6.45, 7) is 9.47. The Morgan fingerprint density at radius 2 is 1.83 bits per heavy atom. The first-order chi connectivity index (χ1) is 13.6. The van der Waals surface area contributed by atoms with Crippen LogP contribution in [-0.2, 0) is 9.53 Å². The molecule has 0 spiro atoms. The number of ether oxygens (including phenoxy) is 1. The lowest BCUT2D eigenvalue weighted by molar-refractivity contribution is -0.117. The van der Waals surface area contributed by atoms with Crippen LogP contribution >= 0.6 is 0 Å². The molecular formula is C23H29N3O3. The third kappa shape index (κ3) is 5.79. The second-order valence-corrected chi connectivity index (χ2v) is 8.63. The van der Waals surface area contributed by atoms with E-state index < -0.39 is 11.7 Å². The largest absolute Gasteiger partial charge is 0.444 e. The van der Waals surface area contributed by atoms with Crippen molar-refractivity contribution in [3.05, 3.63) is 47.7 Å². The molecule has 1 fully saturated rings. The van der Waals surface area contributed by atoms with Crippen LogP contribution in [0.5, 0.6) is 0 Å². The van der Waals surface area contributed by atoms with Crippen molar-refractivity contribution in [2.24, 2.45) is 5.92 Å². The highest BCUT2D eigenvalue weighted by atomic mass is 16.6. The lowest BCUT2D eigenvalue weighted by Gasteiger charge is -2.23. The minimum Gasteiger partial charge on any atom is -0.444 e. The van der Waals surface area contributed by atoms with E-state index in [0.29, 0.717) is 5.82 Å². The summed E-state index contributed by atoms with van der Waals surface area (Å²) in [5.74, 6) is 0.755. The van der Waals surface area contributed by atoms with Gasteiger partial charge >= 0.3 is 6.09 Å². The van der Waals surface area contributed by atoms with Gasteiger partial charge in [-0.3, -0.25) is 4.79 Å². The number of pyridine rings is 1. The lowest BCUT2D eigenvalue weighted by atomic mass is 9.97. The molecule has 0 saturated heterocycles. The molecule has 2 aromatic rings. The summed E-state index contributed by atoms with van der Waals surface area (Å²) in [4.78, 5) is 28.3. The van der Waals surface area contributed by atoms with Gasteiger partial charge in [0.05, 0.1) is 6.04 Å². The highest BCUT2D eigenvalue weighted by Crippen LogP contribution is 2.31. The number of hydrogen-bond donors (Lipinski definition) is 2. The third-order valence-electron chi connectivity index (χ3n) is 4.76. The molecule has 1 aliphatic carbocycles. The van der Waals surface area contributed by atoms with Gasteiger partial charge < -0.3 is 15.4 Å². The number of nitrogens with one attached hydrogen (secondary N) is 2. The molecule has 6 nitrogen and oxygen atoms in total. The highest BCUT2D eigenvalue weighted by molar-refractivity contribution is 5.93. The van der Waals surface area contributed by atoms with Crippen molar-refractivity contribution in [1.82, 2.24) is 10.3 Å². The van der Waals surface area contributed by atoms with E-state index in [2.05, 4.69) is 21.7 Å². The first-order valence-corrected chi connectivity index (χ1v) is 10.00. The number of amides is 2. The zero-order valence-corrected chi connectivity index (χ0v) is 17.7. The van der Waals surface area contributed by atoms with Gasteiger partial charge in [-0.25, -0.2) is 9.78 Å². The van der Waals surface area contributed by atoms with Gasteiger partial charge in [-0.05, 0) is 81.8 Å². The Balaban J connectivity index is 1.72. The monoisotopic (exact) mass is 395 g/mol. The molecule has 0 aliphatic heterocycles. The molecule has 1 saturated carbocycles. The van der Waals surface area contributed by atoms with Gasteiger partial charge in [-0.1, -0.05) is 18.2 Å². The molecule has 1 aromatic carbocycles. The number of benzene rings is 1. The van der Waals surface area contributed by atoms with Crippen molar-refractivity contribution in [3.8, 4) is 11.1 Å². The maximum Gasteiger partial charge on any atom is 0.408 e. The van der Waals surface area contributed by atoms with Gasteiger partial charge in [0.15, 0.2) is 0 Å². The van der Waals surface area contributed by atoms with E-state index in [1.807, 2.05) is 58.9 Å². The molecule has 1 aromatic heterocycles. The normalized spacial score (nSPS) is 14.8. The number of nitrogens with zero attached hydrogens (tertiary/aromatic N) is 1. The van der Waals surface area contributed by atoms with E-state index >= 15 is 0 Å². The number of carbonyl (C=O) groups excluding carboxylic acids is 2. The van der Waals surface area contributed by atoms with Crippen LogP contribution in [0.15, 0.2) is 36.5 Å². The Morgan fingerprint density at radius 1 is 1.14 bits per heavy atom. The average molecular weight is 396 g/mol. The molecule has 29 heavy (non-hydrogen) atoms. The maximum atomic E-state index is 12.0. The van der Waals surface area contributed by atoms with E-state index in [1.165, 1.54) is 0 Å². The zero-order valence-electron chi connectivity index (χ0n) is 17.7. The van der Waals surface area contributed by atoms with Crippen molar-refractivity contribution < 1.29 is 14.3 Å². The predicted octanol–water partition coefficient (Wildman–Crippen LogP) is 4.99. The number of hydrogen-bond acceptors (Lipinski definition) is 4. The Kier molecular flexibility index (Phi) is 5.91. The quantitative estimate of drug-likeness (QED) is 0.747. The lowest BCUT2D eigenvalue weighted by Crippen LogP contribution is -2.34. The predicted molar refractivity (Wildman–Crippen MR) is 114 cm³/mol. The number of aryl methyl sites for hydroxylation is 1. The van der Waals surface area contributed by atoms with Crippen molar-refractivity contribution in [3.63, 3.8) is 0 Å². The van der Waals surface area contributed by atoms with Crippen molar-refractivity contribution in [1.29, 1.82) is 0 Å². The highest BCUT2D eigenvalue weighted by Gasteiger charge is 2.29. The van der Waals surface area contributed by atoms with E-state index in [4.69, 9.17) is 4.74 Å². The summed E-state index contributed by atoms with van der Waals surface area (Å²) in [7, 11) is 0. The topological polar surface area (TPSA) is 80.3 Å². The molecule has 1 unspecified atom stereocenters. The van der Waals surface area contributed by atoms with Crippen LogP contribution in [0.4, 0.5) is 10.6 Å². The fraction of sp³-hybridized carbons (Fsp3) is 0.435. The minimum absolute atomic E-state index is 0.0446. The molecule has 1 aliphatic rings. The van der Waals surface area contributed by atoms with Crippen molar-refractivity contribution in [2.45, 2.75) is 59.1 Å². The fourth-order valence-corrected chi connectivity index (χ4v) is 3.16. The standard InChI is InChI=1S/C23H29N3O3/c1-14-12-17(8-9-19(14)15(2)25-22(28)29-23(3,4)5)18-10-11-24-20(13-18)26-21(27)16-6-7-16/h8-13,15-16H,6-7H2,1-5H3,(H,25,28)(H,24,26,27). The minimum atomic E-state index is -0.531. The molecule has 2 N–H and O–H groups in total. The summed E-state index contributed by atoms with van der Waals surface area (Å²) in [5.41, 5.74) is 3.56. The number of anilines is 1. The van der Waals surface area contributed by atoms with Crippen molar-refractivity contribution >= 4 is 17.8 Å². The Hall–Kier alpha value is -2.89. The van der Waals surface area contributed by atoms with E-state index in [9.17, 15) is 9.59 Å². The van der Waals surface area contributed by atoms with Gasteiger partial charge in [0.1, 0.15) is 11.4 Å². The molecular weight excluding hydrogens is 366 g/mol. The van der Waals surface area contributed by atoms with Gasteiger partial charge in [0.2, 0.25) is 5.91 Å². The van der Waals surface area contributed by atoms with Crippen molar-refractivity contribution in [2.75, 3.05) is 5.32 Å². The van der Waals surface area contributed by atoms with Crippen LogP contribution in [0.1, 0.15) is 57.7 Å². The van der Waals surface area contributed by atoms with Crippen LogP contribution in [0.25, 0.3) is 11.1 Å². The molecule has 3 rings (SSSR count). The van der Waals surface area contributed by atoms with Gasteiger partial charge in [-0.2, -0.15) is 0 Å². The van der Waals surface area contributed by atoms with Crippen LogP contribution < -0.4 is 10.6 Å². The van der Waals surface area contributed by atoms with E-state index in [1.54, 1.807) is 6.20 Å². The number of alkyl carbamates (subject to hydrolysis) is 1. The summed E-state index contributed by atoms with van der Waals surface area (Å²) >= 11 is 0. The molecule has 6 heteroatoms. The Morgan fingerprint density at radius 3 is 2.45 bits per heavy atom. The fourth-order valence-electron chi connectivity index (χ4n) is 3.16. The van der Waals surface area contributed by atoms with Gasteiger partial charge in [0.25, 0.3) is 0 Å². The Labute approximate surface area is 172 Å². The molecule has 154 valence electrons. The van der Waals surface area contributed by atoms with Crippen LogP contribution in [0, 0.1) is 12.8 Å². The number of rotatable bonds is 5. The molecule has 0 radical (unpaired) electrons. The first-order valence-electron chi connectivity index (χ1n) is 10.00. The second-order valence-electron chi connectivity index (χ2n) is 8.63. The number of aromatic nitrogens is 1. The molecule has 1 atom stereocenters. The van der Waals surface area contributed by atoms with Crippen LogP contribution in [0.2, 0.25) is 0 Å². The third-order valence-corrected chi connectivity index (χ3v) is 4.76. The van der Waals surface area contributed by atoms with Crippen LogP contribution in [0.3, 0.4) is 0 Å². The summed E-state index contributed by atoms with van der Waals surface area (Å²) in [5, 5.41) is 5.77. The molecule has 2 amide bonds. The van der Waals surface area contributed by atoms with Gasteiger partial charge in [-0.15, -0.1) is 0 Å². The summed E-state index contributed by atoms with van der Waals surface area (Å²) in [6.07, 6.45) is 3.19. The van der Waals surface area contributed by atoms with E-state index in [0.717, 1.165) is 35.1 Å². The number of carbonyl (C=O) groups is 2. The second kappa shape index (κ2) is 8.23. The SMILES string of the molecule is Cc1cc(-c2ccnc(NC(=O)C3CC3)c2)ccc1C(C)NC(=O)OC(C)(C)C.